The first-order valence-electron chi connectivity index (χ1n) is 8.82. The Bertz CT molecular complexity index is 908. The highest BCUT2D eigenvalue weighted by atomic mass is 32.2. The van der Waals surface area contributed by atoms with Crippen molar-refractivity contribution < 1.29 is 27.0 Å². The molecule has 1 heterocycles. The maximum atomic E-state index is 14.5. The lowest BCUT2D eigenvalue weighted by Gasteiger charge is -2.14. The average Bonchev–Trinajstić information content (AvgIpc) is 3.21. The Kier molecular flexibility index (Phi) is 6.38. The normalized spacial score (nSPS) is 16.8. The van der Waals surface area contributed by atoms with E-state index < -0.39 is 15.8 Å². The third-order valence-corrected chi connectivity index (χ3v) is 5.83. The van der Waals surface area contributed by atoms with Crippen LogP contribution in [0.1, 0.15) is 12.8 Å². The van der Waals surface area contributed by atoms with Crippen molar-refractivity contribution in [2.75, 3.05) is 32.7 Å². The van der Waals surface area contributed by atoms with Gasteiger partial charge in [-0.1, -0.05) is 0 Å². The quantitative estimate of drug-likeness (QED) is 0.696. The van der Waals surface area contributed by atoms with Crippen molar-refractivity contribution in [2.45, 2.75) is 23.8 Å². The smallest absolute Gasteiger partial charge is 0.240 e. The van der Waals surface area contributed by atoms with Crippen LogP contribution in [0.5, 0.6) is 11.5 Å². The maximum Gasteiger partial charge on any atom is 0.240 e. The van der Waals surface area contributed by atoms with Crippen LogP contribution in [0.3, 0.4) is 0 Å². The molecular weight excluding hydrogens is 387 g/mol. The molecule has 0 aromatic heterocycles. The van der Waals surface area contributed by atoms with E-state index >= 15 is 0 Å². The van der Waals surface area contributed by atoms with E-state index in [-0.39, 0.29) is 23.2 Å². The topological polar surface area (TPSA) is 85.9 Å². The van der Waals surface area contributed by atoms with Gasteiger partial charge >= 0.3 is 0 Å². The number of rotatable bonds is 8. The largest absolute Gasteiger partial charge is 0.497 e. The standard InChI is InChI=1S/C19H23FN2O5S/c1-25-15-8-13(9-16(10-15)26-2)22-19-6-5-17(11-18(19)20)28(23,24)21-12-14-4-3-7-27-14/h5-6,8-11,14,21-22H,3-4,7,12H2,1-2H3. The van der Waals surface area contributed by atoms with Crippen molar-refractivity contribution in [3.63, 3.8) is 0 Å². The summed E-state index contributed by atoms with van der Waals surface area (Å²) in [6.07, 6.45) is 1.59. The minimum absolute atomic E-state index is 0.133. The first-order chi connectivity index (χ1) is 13.4. The van der Waals surface area contributed by atoms with Gasteiger partial charge in [0, 0.05) is 37.0 Å². The van der Waals surface area contributed by atoms with E-state index in [1.165, 1.54) is 26.4 Å². The number of nitrogens with one attached hydrogen (secondary N) is 2. The van der Waals surface area contributed by atoms with E-state index in [2.05, 4.69) is 10.0 Å². The number of anilines is 2. The van der Waals surface area contributed by atoms with Gasteiger partial charge in [0.2, 0.25) is 10.0 Å². The number of hydrogen-bond acceptors (Lipinski definition) is 6. The molecule has 9 heteroatoms. The lowest BCUT2D eigenvalue weighted by molar-refractivity contribution is 0.114. The van der Waals surface area contributed by atoms with Crippen molar-refractivity contribution >= 4 is 21.4 Å². The number of hydrogen-bond donors (Lipinski definition) is 2. The van der Waals surface area contributed by atoms with Crippen LogP contribution < -0.4 is 19.5 Å². The van der Waals surface area contributed by atoms with E-state index in [9.17, 15) is 12.8 Å². The summed E-state index contributed by atoms with van der Waals surface area (Å²) in [6, 6.07) is 8.75. The van der Waals surface area contributed by atoms with Gasteiger partial charge in [-0.25, -0.2) is 17.5 Å². The zero-order valence-corrected chi connectivity index (χ0v) is 16.5. The van der Waals surface area contributed by atoms with Gasteiger partial charge in [-0.15, -0.1) is 0 Å². The average molecular weight is 410 g/mol. The molecule has 1 aliphatic rings. The molecular formula is C19H23FN2O5S. The summed E-state index contributed by atoms with van der Waals surface area (Å²) in [5.41, 5.74) is 0.676. The Balaban J connectivity index is 1.75. The van der Waals surface area contributed by atoms with Gasteiger partial charge in [0.25, 0.3) is 0 Å². The number of methoxy groups -OCH3 is 2. The van der Waals surface area contributed by atoms with Crippen LogP contribution in [0.4, 0.5) is 15.8 Å². The van der Waals surface area contributed by atoms with Crippen molar-refractivity contribution in [1.82, 2.24) is 4.72 Å². The van der Waals surface area contributed by atoms with Crippen molar-refractivity contribution in [3.05, 3.63) is 42.2 Å². The van der Waals surface area contributed by atoms with Crippen molar-refractivity contribution in [1.29, 1.82) is 0 Å². The highest BCUT2D eigenvalue weighted by Gasteiger charge is 2.21. The molecule has 0 amide bonds. The summed E-state index contributed by atoms with van der Waals surface area (Å²) in [6.45, 7) is 0.810. The molecule has 0 radical (unpaired) electrons. The Morgan fingerprint density at radius 1 is 1.14 bits per heavy atom. The zero-order chi connectivity index (χ0) is 20.1. The first-order valence-corrected chi connectivity index (χ1v) is 10.3. The fourth-order valence-electron chi connectivity index (χ4n) is 2.89. The molecule has 152 valence electrons. The fourth-order valence-corrected chi connectivity index (χ4v) is 3.97. The second-order valence-corrected chi connectivity index (χ2v) is 8.12. The van der Waals surface area contributed by atoms with Gasteiger partial charge in [-0.3, -0.25) is 0 Å². The van der Waals surface area contributed by atoms with Gasteiger partial charge in [0.15, 0.2) is 0 Å². The Hall–Kier alpha value is -2.36. The SMILES string of the molecule is COc1cc(Nc2ccc(S(=O)(=O)NCC3CCCO3)cc2F)cc(OC)c1. The van der Waals surface area contributed by atoms with Gasteiger partial charge in [0.1, 0.15) is 17.3 Å². The molecule has 1 fully saturated rings. The van der Waals surface area contributed by atoms with Crippen LogP contribution in [0.15, 0.2) is 41.3 Å². The molecule has 0 aliphatic carbocycles. The molecule has 1 aliphatic heterocycles. The molecule has 28 heavy (non-hydrogen) atoms. The third-order valence-electron chi connectivity index (χ3n) is 4.41. The van der Waals surface area contributed by atoms with Crippen LogP contribution in [0.25, 0.3) is 0 Å². The van der Waals surface area contributed by atoms with E-state index in [0.717, 1.165) is 18.9 Å². The van der Waals surface area contributed by atoms with Gasteiger partial charge in [0.05, 0.1) is 30.9 Å². The first kappa shape index (κ1) is 20.4. The molecule has 0 saturated carbocycles. The predicted octanol–water partition coefficient (Wildman–Crippen LogP) is 3.04. The predicted molar refractivity (Wildman–Crippen MR) is 103 cm³/mol. The lowest BCUT2D eigenvalue weighted by Crippen LogP contribution is -2.31. The maximum absolute atomic E-state index is 14.5. The Morgan fingerprint density at radius 2 is 1.86 bits per heavy atom. The summed E-state index contributed by atoms with van der Waals surface area (Å²) < 4.78 is 57.6. The lowest BCUT2D eigenvalue weighted by atomic mass is 10.2. The van der Waals surface area contributed by atoms with E-state index in [4.69, 9.17) is 14.2 Å². The summed E-state index contributed by atoms with van der Waals surface area (Å²) in [5, 5.41) is 2.91. The summed E-state index contributed by atoms with van der Waals surface area (Å²) in [7, 11) is -0.786. The molecule has 2 aromatic carbocycles. The molecule has 0 bridgehead atoms. The van der Waals surface area contributed by atoms with E-state index in [1.807, 2.05) is 0 Å². The summed E-state index contributed by atoms with van der Waals surface area (Å²) in [5.74, 6) is 0.390. The second kappa shape index (κ2) is 8.76. The number of ether oxygens (including phenoxy) is 3. The van der Waals surface area contributed by atoms with Crippen LogP contribution in [0.2, 0.25) is 0 Å². The van der Waals surface area contributed by atoms with E-state index in [0.29, 0.717) is 23.8 Å². The molecule has 1 saturated heterocycles. The summed E-state index contributed by atoms with van der Waals surface area (Å²) >= 11 is 0. The molecule has 2 N–H and O–H groups in total. The Morgan fingerprint density at radius 3 is 2.43 bits per heavy atom. The van der Waals surface area contributed by atoms with Crippen LogP contribution >= 0.6 is 0 Å². The number of sulfonamides is 1. The van der Waals surface area contributed by atoms with Gasteiger partial charge in [-0.2, -0.15) is 0 Å². The summed E-state index contributed by atoms with van der Waals surface area (Å²) in [4.78, 5) is -0.142. The van der Waals surface area contributed by atoms with Crippen LogP contribution in [-0.4, -0.2) is 41.9 Å². The monoisotopic (exact) mass is 410 g/mol. The molecule has 3 rings (SSSR count). The van der Waals surface area contributed by atoms with Crippen molar-refractivity contribution in [3.8, 4) is 11.5 Å². The number of benzene rings is 2. The van der Waals surface area contributed by atoms with Crippen LogP contribution in [0, 0.1) is 5.82 Å². The minimum atomic E-state index is -3.82. The van der Waals surface area contributed by atoms with Gasteiger partial charge < -0.3 is 19.5 Å². The highest BCUT2D eigenvalue weighted by Crippen LogP contribution is 2.29. The van der Waals surface area contributed by atoms with Crippen molar-refractivity contribution in [2.24, 2.45) is 0 Å². The minimum Gasteiger partial charge on any atom is -0.497 e. The molecule has 1 atom stereocenters. The Labute approximate surface area is 163 Å². The molecule has 7 nitrogen and oxygen atoms in total. The van der Waals surface area contributed by atoms with E-state index in [1.54, 1.807) is 18.2 Å². The number of halogens is 1. The fraction of sp³-hybridized carbons (Fsp3) is 0.368. The second-order valence-electron chi connectivity index (χ2n) is 6.35. The molecule has 2 aromatic rings. The van der Waals surface area contributed by atoms with Gasteiger partial charge in [-0.05, 0) is 31.0 Å². The molecule has 0 spiro atoms. The van der Waals surface area contributed by atoms with Crippen LogP contribution in [-0.2, 0) is 14.8 Å². The highest BCUT2D eigenvalue weighted by molar-refractivity contribution is 7.89. The third kappa shape index (κ3) is 4.92. The zero-order valence-electron chi connectivity index (χ0n) is 15.7. The molecule has 1 unspecified atom stereocenters.